The molecule has 0 aliphatic rings. The summed E-state index contributed by atoms with van der Waals surface area (Å²) in [6.07, 6.45) is 2.64. The van der Waals surface area contributed by atoms with Crippen molar-refractivity contribution in [2.24, 2.45) is 9.88 Å². The Morgan fingerprint density at radius 1 is 0.974 bits per heavy atom. The number of pyridine rings is 1. The number of nitrogens with two attached hydrogens (primary N) is 1. The van der Waals surface area contributed by atoms with Crippen molar-refractivity contribution in [3.8, 4) is 5.75 Å². The third-order valence-electron chi connectivity index (χ3n) is 6.50. The molecule has 5 rings (SSSR count). The lowest BCUT2D eigenvalue weighted by molar-refractivity contribution is 0.562. The molecular weight excluding hydrogens is 529 g/mol. The molecular formula is C29H32N5O3PS. The molecule has 0 saturated heterocycles. The van der Waals surface area contributed by atoms with Crippen molar-refractivity contribution < 1.29 is 12.9 Å². The van der Waals surface area contributed by atoms with E-state index in [1.807, 2.05) is 53.2 Å². The van der Waals surface area contributed by atoms with Gasteiger partial charge in [0.15, 0.2) is 13.0 Å². The lowest BCUT2D eigenvalue weighted by Crippen LogP contribution is -2.32. The average Bonchev–Trinajstić information content (AvgIpc) is 3.26. The van der Waals surface area contributed by atoms with Gasteiger partial charge in [-0.3, -0.25) is 9.67 Å². The molecule has 0 fully saturated rings. The maximum Gasteiger partial charge on any atom is 0.238 e. The molecule has 0 unspecified atom stereocenters. The van der Waals surface area contributed by atoms with E-state index < -0.39 is 22.5 Å². The van der Waals surface area contributed by atoms with Crippen molar-refractivity contribution in [1.29, 1.82) is 0 Å². The first kappa shape index (κ1) is 27.1. The number of hydrogen-bond acceptors (Lipinski definition) is 6. The molecule has 0 spiro atoms. The first-order valence-corrected chi connectivity index (χ1v) is 16.0. The Labute approximate surface area is 229 Å². The molecule has 3 aromatic carbocycles. The smallest absolute Gasteiger partial charge is 0.238 e. The minimum absolute atomic E-state index is 0.0294. The number of aromatic nitrogens is 3. The molecule has 2 heterocycles. The van der Waals surface area contributed by atoms with Crippen LogP contribution in [0, 0.1) is 0 Å². The molecule has 2 aromatic heterocycles. The van der Waals surface area contributed by atoms with E-state index in [2.05, 4.69) is 38.7 Å². The molecule has 39 heavy (non-hydrogen) atoms. The van der Waals surface area contributed by atoms with Crippen LogP contribution >= 0.6 is 7.28 Å². The maximum atomic E-state index is 11.9. The zero-order chi connectivity index (χ0) is 27.8. The second kappa shape index (κ2) is 10.2. The summed E-state index contributed by atoms with van der Waals surface area (Å²) < 4.78 is 38.4. The molecule has 0 radical (unpaired) electrons. The molecule has 2 N–H and O–H groups in total. The van der Waals surface area contributed by atoms with Gasteiger partial charge < -0.3 is 4.52 Å². The number of benzene rings is 3. The normalized spacial score (nSPS) is 13.9. The third kappa shape index (κ3) is 5.10. The van der Waals surface area contributed by atoms with E-state index in [1.54, 1.807) is 18.3 Å². The number of nitrogens with zero attached hydrogens (tertiary/aromatic N) is 4. The summed E-state index contributed by atoms with van der Waals surface area (Å²) in [5, 5.41) is 11.8. The van der Waals surface area contributed by atoms with Crippen LogP contribution in [0.5, 0.6) is 5.75 Å². The molecule has 1 atom stereocenters. The van der Waals surface area contributed by atoms with E-state index in [-0.39, 0.29) is 4.90 Å². The summed E-state index contributed by atoms with van der Waals surface area (Å²) >= 11 is 0. The molecule has 202 valence electrons. The molecule has 0 saturated carbocycles. The van der Waals surface area contributed by atoms with Crippen molar-refractivity contribution in [2.45, 2.75) is 50.7 Å². The van der Waals surface area contributed by atoms with Gasteiger partial charge in [-0.05, 0) is 48.9 Å². The predicted octanol–water partition coefficient (Wildman–Crippen LogP) is 6.59. The number of hydrogen-bond donors (Lipinski definition) is 1. The van der Waals surface area contributed by atoms with Crippen molar-refractivity contribution >= 4 is 50.2 Å². The highest BCUT2D eigenvalue weighted by Crippen LogP contribution is 2.63. The fourth-order valence-electron chi connectivity index (χ4n) is 4.63. The van der Waals surface area contributed by atoms with Gasteiger partial charge in [-0.15, -0.1) is 0 Å². The summed E-state index contributed by atoms with van der Waals surface area (Å²) in [5.41, 5.74) is 3.14. The molecule has 8 nitrogen and oxygen atoms in total. The van der Waals surface area contributed by atoms with Crippen LogP contribution in [0.15, 0.2) is 94.7 Å². The molecule has 5 aromatic rings. The number of primary sulfonamides is 1. The second-order valence-corrected chi connectivity index (χ2v) is 15.2. The predicted molar refractivity (Wildman–Crippen MR) is 159 cm³/mol. The van der Waals surface area contributed by atoms with E-state index >= 15 is 0 Å². The fraction of sp³-hybridized carbons (Fsp3) is 0.241. The molecule has 0 bridgehead atoms. The second-order valence-electron chi connectivity index (χ2n) is 10.4. The summed E-state index contributed by atoms with van der Waals surface area (Å²) in [6.45, 7) is 9.18. The summed E-state index contributed by atoms with van der Waals surface area (Å²) in [6, 6.07) is 24.2. The van der Waals surface area contributed by atoms with Gasteiger partial charge in [-0.1, -0.05) is 64.1 Å². The van der Waals surface area contributed by atoms with Crippen LogP contribution in [-0.2, 0) is 16.6 Å². The summed E-state index contributed by atoms with van der Waals surface area (Å²) in [7, 11) is -6.83. The van der Waals surface area contributed by atoms with Gasteiger partial charge in [0.05, 0.1) is 16.1 Å². The minimum atomic E-state index is -3.84. The number of rotatable bonds is 7. The topological polar surface area (TPSA) is 112 Å². The SMILES string of the molecule is CCCn1nc2ccccc2c1[P@@](=Nc1ccc(S(N)(=O)=O)cc1)(Oc1cccc2cccnc12)C(C)(C)C. The monoisotopic (exact) mass is 561 g/mol. The molecule has 0 amide bonds. The van der Waals surface area contributed by atoms with Crippen LogP contribution in [0.4, 0.5) is 5.69 Å². The fourth-order valence-corrected chi connectivity index (χ4v) is 8.44. The third-order valence-corrected chi connectivity index (χ3v) is 11.3. The van der Waals surface area contributed by atoms with Crippen molar-refractivity contribution in [3.63, 3.8) is 0 Å². The van der Waals surface area contributed by atoms with E-state index in [4.69, 9.17) is 19.5 Å². The molecule has 10 heteroatoms. The van der Waals surface area contributed by atoms with Crippen LogP contribution in [0.1, 0.15) is 34.1 Å². The van der Waals surface area contributed by atoms with Crippen LogP contribution in [0.3, 0.4) is 0 Å². The Kier molecular flexibility index (Phi) is 7.10. The Morgan fingerprint density at radius 3 is 2.38 bits per heavy atom. The number of aryl methyl sites for hydroxylation is 1. The minimum Gasteiger partial charge on any atom is -0.451 e. The first-order chi connectivity index (χ1) is 18.5. The van der Waals surface area contributed by atoms with Crippen LogP contribution < -0.4 is 15.1 Å². The summed E-state index contributed by atoms with van der Waals surface area (Å²) in [4.78, 5) is 4.67. The van der Waals surface area contributed by atoms with Crippen molar-refractivity contribution in [1.82, 2.24) is 14.8 Å². The number of para-hydroxylation sites is 1. The van der Waals surface area contributed by atoms with Gasteiger partial charge >= 0.3 is 0 Å². The van der Waals surface area contributed by atoms with Crippen LogP contribution in [0.25, 0.3) is 21.8 Å². The highest BCUT2D eigenvalue weighted by atomic mass is 32.2. The van der Waals surface area contributed by atoms with Gasteiger partial charge in [0.2, 0.25) is 10.0 Å². The van der Waals surface area contributed by atoms with Crippen molar-refractivity contribution in [3.05, 3.63) is 85.1 Å². The highest BCUT2D eigenvalue weighted by Gasteiger charge is 2.43. The van der Waals surface area contributed by atoms with Gasteiger partial charge in [-0.25, -0.2) is 18.3 Å². The Balaban J connectivity index is 1.88. The summed E-state index contributed by atoms with van der Waals surface area (Å²) in [5.74, 6) is 0.634. The zero-order valence-electron chi connectivity index (χ0n) is 22.4. The van der Waals surface area contributed by atoms with Crippen LogP contribution in [-0.4, -0.2) is 28.3 Å². The molecule has 0 aliphatic heterocycles. The lowest BCUT2D eigenvalue weighted by Gasteiger charge is -2.37. The number of fused-ring (bicyclic) bond motifs is 2. The first-order valence-electron chi connectivity index (χ1n) is 12.8. The Morgan fingerprint density at radius 2 is 1.69 bits per heavy atom. The van der Waals surface area contributed by atoms with Crippen molar-refractivity contribution in [2.75, 3.05) is 0 Å². The van der Waals surface area contributed by atoms with Gasteiger partial charge in [0, 0.05) is 28.7 Å². The van der Waals surface area contributed by atoms with Gasteiger partial charge in [0.1, 0.15) is 11.0 Å². The Bertz CT molecular complexity index is 1820. The zero-order valence-corrected chi connectivity index (χ0v) is 24.2. The van der Waals surface area contributed by atoms with E-state index in [1.165, 1.54) is 12.1 Å². The quantitative estimate of drug-likeness (QED) is 0.225. The standard InChI is InChI=1S/C29H32N5O3PS/c1-5-20-34-28(24-12-6-7-13-25(24)32-34)38(29(2,3)4,33-22-15-17-23(18-16-22)39(30,35)36)37-26-14-8-10-21-11-9-19-31-27(21)26/h6-19H,5,20H2,1-4H3,(H2,30,35,36)/t38-/m1/s1. The lowest BCUT2D eigenvalue weighted by atomic mass is 10.2. The van der Waals surface area contributed by atoms with Gasteiger partial charge in [-0.2, -0.15) is 5.10 Å². The van der Waals surface area contributed by atoms with E-state index in [0.717, 1.165) is 33.7 Å². The maximum absolute atomic E-state index is 11.9. The van der Waals surface area contributed by atoms with E-state index in [0.29, 0.717) is 18.0 Å². The average molecular weight is 562 g/mol. The largest absolute Gasteiger partial charge is 0.451 e. The molecule has 0 aliphatic carbocycles. The van der Waals surface area contributed by atoms with Gasteiger partial charge in [0.25, 0.3) is 0 Å². The Hall–Kier alpha value is -3.52. The number of sulfonamides is 1. The van der Waals surface area contributed by atoms with E-state index in [9.17, 15) is 8.42 Å². The van der Waals surface area contributed by atoms with Crippen LogP contribution in [0.2, 0.25) is 0 Å². The highest BCUT2D eigenvalue weighted by molar-refractivity contribution is 7.89.